The van der Waals surface area contributed by atoms with E-state index < -0.39 is 0 Å². The Morgan fingerprint density at radius 3 is 2.26 bits per heavy atom. The van der Waals surface area contributed by atoms with Gasteiger partial charge in [-0.25, -0.2) is 0 Å². The van der Waals surface area contributed by atoms with Crippen LogP contribution in [-0.2, 0) is 6.54 Å². The molecule has 2 aromatic carbocycles. The Bertz CT molecular complexity index is 979. The second kappa shape index (κ2) is 9.79. The molecule has 0 atom stereocenters. The Hall–Kier alpha value is -3.12. The van der Waals surface area contributed by atoms with Gasteiger partial charge in [0, 0.05) is 37.3 Å². The second-order valence-corrected chi connectivity index (χ2v) is 8.27. The van der Waals surface area contributed by atoms with Crippen LogP contribution in [0.1, 0.15) is 28.8 Å². The fourth-order valence-electron chi connectivity index (χ4n) is 3.96. The van der Waals surface area contributed by atoms with Gasteiger partial charge >= 0.3 is 0 Å². The van der Waals surface area contributed by atoms with Crippen molar-refractivity contribution in [1.82, 2.24) is 15.0 Å². The largest absolute Gasteiger partial charge is 0.340 e. The first-order valence-corrected chi connectivity index (χ1v) is 10.9. The maximum absolute atomic E-state index is 13.4. The van der Waals surface area contributed by atoms with E-state index in [4.69, 9.17) is 4.52 Å². The van der Waals surface area contributed by atoms with Crippen LogP contribution in [0.5, 0.6) is 0 Å². The van der Waals surface area contributed by atoms with Gasteiger partial charge in [0.2, 0.25) is 5.88 Å². The van der Waals surface area contributed by atoms with Crippen molar-refractivity contribution in [2.24, 2.45) is 0 Å². The van der Waals surface area contributed by atoms with Crippen LogP contribution in [0.4, 0.5) is 5.88 Å². The molecule has 0 bridgehead atoms. The highest BCUT2D eigenvalue weighted by Gasteiger charge is 2.27. The quantitative estimate of drug-likeness (QED) is 0.550. The van der Waals surface area contributed by atoms with Crippen molar-refractivity contribution in [1.29, 1.82) is 0 Å². The summed E-state index contributed by atoms with van der Waals surface area (Å²) < 4.78 is 5.87. The molecule has 0 spiro atoms. The predicted molar refractivity (Wildman–Crippen MR) is 123 cm³/mol. The SMILES string of the molecule is CN(C)CCN(Cc1c(-c2ccccc2)noc1N1CCCC1)C(=O)c1ccccc1. The Morgan fingerprint density at radius 1 is 0.968 bits per heavy atom. The standard InChI is InChI=1S/C25H30N4O2/c1-27(2)17-18-29(24(30)21-13-7-4-8-14-21)19-22-23(20-11-5-3-6-12-20)26-31-25(22)28-15-9-10-16-28/h3-8,11-14H,9-10,15-19H2,1-2H3. The topological polar surface area (TPSA) is 52.8 Å². The fraction of sp³-hybridized carbons (Fsp3) is 0.360. The molecule has 4 rings (SSSR count). The zero-order valence-corrected chi connectivity index (χ0v) is 18.3. The van der Waals surface area contributed by atoms with Crippen molar-refractivity contribution >= 4 is 11.8 Å². The first-order chi connectivity index (χ1) is 15.1. The van der Waals surface area contributed by atoms with Gasteiger partial charge in [-0.05, 0) is 39.1 Å². The van der Waals surface area contributed by atoms with Crippen LogP contribution >= 0.6 is 0 Å². The lowest BCUT2D eigenvalue weighted by atomic mass is 10.1. The minimum absolute atomic E-state index is 0.0232. The van der Waals surface area contributed by atoms with E-state index >= 15 is 0 Å². The Labute approximate surface area is 184 Å². The van der Waals surface area contributed by atoms with Crippen molar-refractivity contribution < 1.29 is 9.32 Å². The average molecular weight is 419 g/mol. The van der Waals surface area contributed by atoms with Crippen molar-refractivity contribution in [3.63, 3.8) is 0 Å². The van der Waals surface area contributed by atoms with Crippen LogP contribution in [-0.4, -0.2) is 61.1 Å². The van der Waals surface area contributed by atoms with Crippen molar-refractivity contribution in [3.8, 4) is 11.3 Å². The molecule has 31 heavy (non-hydrogen) atoms. The Balaban J connectivity index is 1.70. The van der Waals surface area contributed by atoms with Crippen molar-refractivity contribution in [2.75, 3.05) is 45.2 Å². The predicted octanol–water partition coefficient (Wildman–Crippen LogP) is 4.15. The molecule has 1 aliphatic rings. The molecule has 0 radical (unpaired) electrons. The smallest absolute Gasteiger partial charge is 0.254 e. The summed E-state index contributed by atoms with van der Waals surface area (Å²) in [7, 11) is 4.05. The lowest BCUT2D eigenvalue weighted by Gasteiger charge is -2.26. The van der Waals surface area contributed by atoms with E-state index in [9.17, 15) is 4.79 Å². The molecule has 3 aromatic rings. The van der Waals surface area contributed by atoms with Crippen LogP contribution in [0.3, 0.4) is 0 Å². The molecule has 0 aliphatic carbocycles. The number of hydrogen-bond acceptors (Lipinski definition) is 5. The molecule has 1 saturated heterocycles. The molecule has 2 heterocycles. The van der Waals surface area contributed by atoms with Crippen LogP contribution in [0.25, 0.3) is 11.3 Å². The Morgan fingerprint density at radius 2 is 1.61 bits per heavy atom. The molecule has 0 N–H and O–H groups in total. The summed E-state index contributed by atoms with van der Waals surface area (Å²) in [6, 6.07) is 19.6. The molecule has 0 unspecified atom stereocenters. The number of likely N-dealkylation sites (N-methyl/N-ethyl adjacent to an activating group) is 1. The third-order valence-electron chi connectivity index (χ3n) is 5.68. The van der Waals surface area contributed by atoms with E-state index in [2.05, 4.69) is 15.0 Å². The molecular weight excluding hydrogens is 388 g/mol. The van der Waals surface area contributed by atoms with Gasteiger partial charge in [-0.15, -0.1) is 0 Å². The number of anilines is 1. The van der Waals surface area contributed by atoms with E-state index in [0.717, 1.165) is 55.2 Å². The fourth-order valence-corrected chi connectivity index (χ4v) is 3.96. The van der Waals surface area contributed by atoms with Gasteiger partial charge in [0.15, 0.2) is 0 Å². The van der Waals surface area contributed by atoms with Gasteiger partial charge in [-0.3, -0.25) is 4.79 Å². The van der Waals surface area contributed by atoms with E-state index in [1.165, 1.54) is 0 Å². The second-order valence-electron chi connectivity index (χ2n) is 8.27. The lowest BCUT2D eigenvalue weighted by Crippen LogP contribution is -2.36. The number of carbonyl (C=O) groups is 1. The highest BCUT2D eigenvalue weighted by Crippen LogP contribution is 2.34. The number of amides is 1. The summed E-state index contributed by atoms with van der Waals surface area (Å²) in [6.45, 7) is 3.78. The summed E-state index contributed by atoms with van der Waals surface area (Å²) in [5.41, 5.74) is 3.50. The molecule has 162 valence electrons. The van der Waals surface area contributed by atoms with Crippen LogP contribution in [0.2, 0.25) is 0 Å². The summed E-state index contributed by atoms with van der Waals surface area (Å²) in [5, 5.41) is 4.45. The number of nitrogens with zero attached hydrogens (tertiary/aromatic N) is 4. The highest BCUT2D eigenvalue weighted by molar-refractivity contribution is 5.94. The van der Waals surface area contributed by atoms with Gasteiger partial charge in [-0.2, -0.15) is 0 Å². The molecule has 6 heteroatoms. The summed E-state index contributed by atoms with van der Waals surface area (Å²) in [4.78, 5) is 19.7. The van der Waals surface area contributed by atoms with Crippen LogP contribution < -0.4 is 4.90 Å². The molecule has 1 fully saturated rings. The third kappa shape index (κ3) is 4.97. The minimum Gasteiger partial charge on any atom is -0.340 e. The van der Waals surface area contributed by atoms with Gasteiger partial charge in [-0.1, -0.05) is 53.7 Å². The molecule has 1 aliphatic heterocycles. The number of carbonyl (C=O) groups excluding carboxylic acids is 1. The van der Waals surface area contributed by atoms with Crippen molar-refractivity contribution in [3.05, 3.63) is 71.8 Å². The zero-order chi connectivity index (χ0) is 21.6. The number of hydrogen-bond donors (Lipinski definition) is 0. The normalized spacial score (nSPS) is 13.7. The number of rotatable bonds is 8. The number of benzene rings is 2. The Kier molecular flexibility index (Phi) is 6.67. The van der Waals surface area contributed by atoms with E-state index in [-0.39, 0.29) is 5.91 Å². The van der Waals surface area contributed by atoms with Crippen molar-refractivity contribution in [2.45, 2.75) is 19.4 Å². The molecule has 1 aromatic heterocycles. The summed E-state index contributed by atoms with van der Waals surface area (Å²) in [6.07, 6.45) is 2.29. The monoisotopic (exact) mass is 418 g/mol. The molecule has 6 nitrogen and oxygen atoms in total. The van der Waals surface area contributed by atoms with Crippen LogP contribution in [0, 0.1) is 0 Å². The maximum Gasteiger partial charge on any atom is 0.254 e. The van der Waals surface area contributed by atoms with Gasteiger partial charge < -0.3 is 19.2 Å². The van der Waals surface area contributed by atoms with Gasteiger partial charge in [0.25, 0.3) is 5.91 Å². The lowest BCUT2D eigenvalue weighted by molar-refractivity contribution is 0.0732. The molecule has 0 saturated carbocycles. The maximum atomic E-state index is 13.4. The average Bonchev–Trinajstić information content (AvgIpc) is 3.47. The van der Waals surface area contributed by atoms with Gasteiger partial charge in [0.05, 0.1) is 12.1 Å². The summed E-state index contributed by atoms with van der Waals surface area (Å²) in [5.74, 6) is 0.821. The third-order valence-corrected chi connectivity index (χ3v) is 5.68. The van der Waals surface area contributed by atoms with Crippen LogP contribution in [0.15, 0.2) is 65.2 Å². The van der Waals surface area contributed by atoms with E-state index in [1.807, 2.05) is 79.7 Å². The van der Waals surface area contributed by atoms with E-state index in [0.29, 0.717) is 18.7 Å². The molecule has 1 amide bonds. The first-order valence-electron chi connectivity index (χ1n) is 10.9. The van der Waals surface area contributed by atoms with Gasteiger partial charge in [0.1, 0.15) is 5.69 Å². The number of aromatic nitrogens is 1. The molecular formula is C25H30N4O2. The van der Waals surface area contributed by atoms with E-state index in [1.54, 1.807) is 0 Å². The minimum atomic E-state index is 0.0232. The summed E-state index contributed by atoms with van der Waals surface area (Å²) >= 11 is 0. The highest BCUT2D eigenvalue weighted by atomic mass is 16.5. The first kappa shape index (κ1) is 21.1. The zero-order valence-electron chi connectivity index (χ0n) is 18.3.